The fourth-order valence-electron chi connectivity index (χ4n) is 1.36. The SMILES string of the molecule is C[CH2][Bi]([CH2]C)[CH2][CH2][Bi]([CH2]C)[CH2]C. The molecule has 0 aliphatic carbocycles. The summed E-state index contributed by atoms with van der Waals surface area (Å²) in [6.45, 7) is 9.73. The van der Waals surface area contributed by atoms with E-state index < -0.39 is 43.5 Å². The average Bonchev–Trinajstić information content (AvgIpc) is 2.13. The Bertz CT molecular complexity index is 73.8. The quantitative estimate of drug-likeness (QED) is 0.411. The third-order valence-electron chi connectivity index (χ3n) is 2.52. The Hall–Kier alpha value is 1.77. The summed E-state index contributed by atoms with van der Waals surface area (Å²) >= 11 is -1.63. The number of rotatable bonds is 7. The molecule has 0 aliphatic heterocycles. The predicted molar refractivity (Wildman–Crippen MR) is 63.0 cm³/mol. The van der Waals surface area contributed by atoms with E-state index >= 15 is 0 Å². The first-order valence-electron chi connectivity index (χ1n) is 5.23. The zero-order valence-electron chi connectivity index (χ0n) is 9.14. The van der Waals surface area contributed by atoms with Crippen molar-refractivity contribution in [1.29, 1.82) is 0 Å². The van der Waals surface area contributed by atoms with Gasteiger partial charge in [0.05, 0.1) is 0 Å². The van der Waals surface area contributed by atoms with Gasteiger partial charge < -0.3 is 0 Å². The van der Waals surface area contributed by atoms with Gasteiger partial charge in [-0.1, -0.05) is 0 Å². The summed E-state index contributed by atoms with van der Waals surface area (Å²) < 4.78 is 9.94. The molecule has 0 saturated carbocycles. The van der Waals surface area contributed by atoms with Crippen molar-refractivity contribution >= 4 is 43.5 Å². The second kappa shape index (κ2) is 9.33. The Morgan fingerprint density at radius 1 is 0.583 bits per heavy atom. The molecular formula is C10H24Bi2. The van der Waals surface area contributed by atoms with Crippen LogP contribution in [0.25, 0.3) is 0 Å². The molecule has 0 aliphatic rings. The van der Waals surface area contributed by atoms with Crippen LogP contribution in [-0.4, -0.2) is 43.5 Å². The Kier molecular flexibility index (Phi) is 10.7. The van der Waals surface area contributed by atoms with E-state index in [1.807, 2.05) is 0 Å². The van der Waals surface area contributed by atoms with E-state index in [4.69, 9.17) is 0 Å². The van der Waals surface area contributed by atoms with Crippen molar-refractivity contribution in [3.63, 3.8) is 0 Å². The van der Waals surface area contributed by atoms with Gasteiger partial charge in [-0.15, -0.1) is 0 Å². The van der Waals surface area contributed by atoms with Gasteiger partial charge in [0.1, 0.15) is 0 Å². The molecule has 0 aromatic heterocycles. The van der Waals surface area contributed by atoms with Gasteiger partial charge in [-0.25, -0.2) is 0 Å². The van der Waals surface area contributed by atoms with Crippen LogP contribution in [0.4, 0.5) is 0 Å². The minimum atomic E-state index is -0.817. The molecule has 0 radical (unpaired) electrons. The van der Waals surface area contributed by atoms with Gasteiger partial charge in [-0.05, 0) is 0 Å². The molecule has 0 atom stereocenters. The molecule has 0 aromatic carbocycles. The maximum atomic E-state index is 2.43. The zero-order valence-corrected chi connectivity index (χ0v) is 16.1. The fourth-order valence-corrected chi connectivity index (χ4v) is 31.3. The normalized spacial score (nSPS) is 11.5. The summed E-state index contributed by atoms with van der Waals surface area (Å²) in [5.41, 5.74) is 0. The molecule has 0 nitrogen and oxygen atoms in total. The van der Waals surface area contributed by atoms with Crippen LogP contribution in [0.1, 0.15) is 27.7 Å². The molecule has 0 fully saturated rings. The van der Waals surface area contributed by atoms with E-state index in [-0.39, 0.29) is 0 Å². The standard InChI is InChI=1S/4C2H5.C2H4.2Bi/c5*1-2;;/h4*1H2,2H3;1-2H2;;. The summed E-state index contributed by atoms with van der Waals surface area (Å²) in [6.07, 6.45) is 0. The van der Waals surface area contributed by atoms with Crippen molar-refractivity contribution in [1.82, 2.24) is 0 Å². The van der Waals surface area contributed by atoms with E-state index in [9.17, 15) is 0 Å². The first-order chi connectivity index (χ1) is 5.78. The van der Waals surface area contributed by atoms with E-state index in [0.717, 1.165) is 0 Å². The Morgan fingerprint density at radius 3 is 1.00 bits per heavy atom. The van der Waals surface area contributed by atoms with Crippen molar-refractivity contribution < 1.29 is 0 Å². The van der Waals surface area contributed by atoms with Crippen LogP contribution in [0, 0.1) is 0 Å². The second-order valence-electron chi connectivity index (χ2n) is 3.05. The van der Waals surface area contributed by atoms with Gasteiger partial charge in [0.15, 0.2) is 0 Å². The van der Waals surface area contributed by atoms with Crippen molar-refractivity contribution in [3.05, 3.63) is 0 Å². The Labute approximate surface area is 94.9 Å². The molecule has 0 rings (SSSR count). The first kappa shape index (κ1) is 13.8. The average molecular weight is 562 g/mol. The van der Waals surface area contributed by atoms with Gasteiger partial charge in [0.2, 0.25) is 0 Å². The van der Waals surface area contributed by atoms with E-state index in [2.05, 4.69) is 27.7 Å². The molecule has 0 bridgehead atoms. The maximum absolute atomic E-state index is 2.43. The molecule has 74 valence electrons. The van der Waals surface area contributed by atoms with E-state index in [0.29, 0.717) is 0 Å². The molecule has 2 heteroatoms. The summed E-state index contributed by atoms with van der Waals surface area (Å²) in [7, 11) is 0. The molecular weight excluding hydrogens is 538 g/mol. The van der Waals surface area contributed by atoms with Crippen LogP contribution in [0.15, 0.2) is 0 Å². The van der Waals surface area contributed by atoms with E-state index in [1.54, 1.807) is 24.8 Å². The topological polar surface area (TPSA) is 0 Å². The molecule has 0 heterocycles. The summed E-state index contributed by atoms with van der Waals surface area (Å²) in [4.78, 5) is 0. The molecule has 0 N–H and O–H groups in total. The van der Waals surface area contributed by atoms with Crippen LogP contribution in [-0.2, 0) is 0 Å². The molecule has 12 heavy (non-hydrogen) atoms. The van der Waals surface area contributed by atoms with Gasteiger partial charge in [-0.3, -0.25) is 0 Å². The summed E-state index contributed by atoms with van der Waals surface area (Å²) in [5, 5.41) is 0. The van der Waals surface area contributed by atoms with E-state index in [1.165, 1.54) is 0 Å². The van der Waals surface area contributed by atoms with Crippen molar-refractivity contribution in [2.24, 2.45) is 0 Å². The van der Waals surface area contributed by atoms with Crippen molar-refractivity contribution in [3.8, 4) is 0 Å². The second-order valence-corrected chi connectivity index (χ2v) is 26.8. The summed E-state index contributed by atoms with van der Waals surface area (Å²) in [5.74, 6) is 0. The molecule has 0 aromatic rings. The third kappa shape index (κ3) is 6.25. The van der Waals surface area contributed by atoms with Crippen LogP contribution in [0.2, 0.25) is 24.8 Å². The van der Waals surface area contributed by atoms with Crippen molar-refractivity contribution in [2.45, 2.75) is 52.5 Å². The molecule has 0 saturated heterocycles. The van der Waals surface area contributed by atoms with Crippen LogP contribution in [0.3, 0.4) is 0 Å². The van der Waals surface area contributed by atoms with Crippen LogP contribution in [0.5, 0.6) is 0 Å². The Morgan fingerprint density at radius 2 is 0.833 bits per heavy atom. The minimum absolute atomic E-state index is 0.817. The molecule has 0 spiro atoms. The third-order valence-corrected chi connectivity index (χ3v) is 28.9. The van der Waals surface area contributed by atoms with Crippen LogP contribution < -0.4 is 0 Å². The predicted octanol–water partition coefficient (Wildman–Crippen LogP) is 4.06. The van der Waals surface area contributed by atoms with Gasteiger partial charge in [0, 0.05) is 0 Å². The first-order valence-corrected chi connectivity index (χ1v) is 20.0. The van der Waals surface area contributed by atoms with Gasteiger partial charge in [0.25, 0.3) is 0 Å². The monoisotopic (exact) mass is 562 g/mol. The number of hydrogen-bond acceptors (Lipinski definition) is 0. The van der Waals surface area contributed by atoms with Gasteiger partial charge in [-0.2, -0.15) is 0 Å². The number of hydrogen-bond donors (Lipinski definition) is 0. The molecule has 0 amide bonds. The summed E-state index contributed by atoms with van der Waals surface area (Å²) in [6, 6.07) is 0. The fraction of sp³-hybridized carbons (Fsp3) is 1.00. The van der Waals surface area contributed by atoms with Crippen LogP contribution >= 0.6 is 0 Å². The Balaban J connectivity index is 3.49. The molecule has 0 unspecified atom stereocenters. The van der Waals surface area contributed by atoms with Gasteiger partial charge >= 0.3 is 96.0 Å². The zero-order chi connectivity index (χ0) is 9.40. The van der Waals surface area contributed by atoms with Crippen molar-refractivity contribution in [2.75, 3.05) is 0 Å².